The van der Waals surface area contributed by atoms with Crippen molar-refractivity contribution < 1.29 is 17.9 Å². The Balaban J connectivity index is 1.29. The topological polar surface area (TPSA) is 51.1 Å². The second-order valence-electron chi connectivity index (χ2n) is 8.37. The normalized spacial score (nSPS) is 17.3. The molecule has 0 saturated carbocycles. The lowest BCUT2D eigenvalue weighted by Gasteiger charge is -2.39. The quantitative estimate of drug-likeness (QED) is 0.506. The maximum absolute atomic E-state index is 12.7. The van der Waals surface area contributed by atoms with Gasteiger partial charge in [0.2, 0.25) is 0 Å². The van der Waals surface area contributed by atoms with Gasteiger partial charge in [-0.05, 0) is 24.6 Å². The molecular formula is C23H20ClF3N4O. The van der Waals surface area contributed by atoms with Crippen molar-refractivity contribution >= 4 is 17.4 Å². The van der Waals surface area contributed by atoms with Gasteiger partial charge in [0, 0.05) is 43.5 Å². The first kappa shape index (κ1) is 21.0. The first-order valence-electron chi connectivity index (χ1n) is 10.3. The van der Waals surface area contributed by atoms with E-state index in [9.17, 15) is 13.2 Å². The van der Waals surface area contributed by atoms with E-state index in [1.807, 2.05) is 36.1 Å². The van der Waals surface area contributed by atoms with Crippen LogP contribution in [0.1, 0.15) is 29.7 Å². The number of ether oxygens (including phenoxy) is 1. The standard InChI is InChI=1S/C23H20ClF3N4O/c1-14-2-3-16(17(24)8-14)18-9-15-10-22(32-19(15)11-28-18)4-6-31(7-5-22)21-13-29-20(12-30-21)23(25,26)27/h2-3,8-9,11-13H,4-7,10H2,1H3. The lowest BCUT2D eigenvalue weighted by atomic mass is 9.87. The number of anilines is 1. The molecule has 2 aliphatic heterocycles. The lowest BCUT2D eigenvalue weighted by molar-refractivity contribution is -0.141. The average Bonchev–Trinajstić information content (AvgIpc) is 3.10. The third-order valence-corrected chi connectivity index (χ3v) is 6.43. The Bertz CT molecular complexity index is 1160. The molecule has 4 heterocycles. The number of aryl methyl sites for hydroxylation is 1. The Labute approximate surface area is 188 Å². The molecule has 5 nitrogen and oxygen atoms in total. The van der Waals surface area contributed by atoms with Crippen LogP contribution in [0.2, 0.25) is 5.02 Å². The summed E-state index contributed by atoms with van der Waals surface area (Å²) in [6.45, 7) is 3.24. The number of rotatable bonds is 2. The fourth-order valence-electron chi connectivity index (χ4n) is 4.36. The Morgan fingerprint density at radius 2 is 1.81 bits per heavy atom. The number of alkyl halides is 3. The minimum Gasteiger partial charge on any atom is -0.485 e. The number of pyridine rings is 1. The predicted octanol–water partition coefficient (Wildman–Crippen LogP) is 5.49. The first-order chi connectivity index (χ1) is 15.2. The zero-order valence-electron chi connectivity index (χ0n) is 17.3. The molecule has 2 aromatic heterocycles. The van der Waals surface area contributed by atoms with Gasteiger partial charge >= 0.3 is 6.18 Å². The SMILES string of the molecule is Cc1ccc(-c2cc3c(cn2)OC2(CCN(c4cnc(C(F)(F)F)cn4)CC2)C3)c(Cl)c1. The molecule has 0 aliphatic carbocycles. The molecule has 3 aromatic rings. The van der Waals surface area contributed by atoms with E-state index in [1.165, 1.54) is 6.20 Å². The fraction of sp³-hybridized carbons (Fsp3) is 0.348. The highest BCUT2D eigenvalue weighted by atomic mass is 35.5. The number of benzene rings is 1. The molecule has 9 heteroatoms. The van der Waals surface area contributed by atoms with Gasteiger partial charge in [0.15, 0.2) is 5.69 Å². The summed E-state index contributed by atoms with van der Waals surface area (Å²) in [5, 5.41) is 0.664. The third-order valence-electron chi connectivity index (χ3n) is 6.12. The smallest absolute Gasteiger partial charge is 0.434 e. The summed E-state index contributed by atoms with van der Waals surface area (Å²) < 4.78 is 44.5. The van der Waals surface area contributed by atoms with Crippen LogP contribution in [0.15, 0.2) is 42.9 Å². The molecule has 0 atom stereocenters. The number of halogens is 4. The van der Waals surface area contributed by atoms with E-state index < -0.39 is 11.9 Å². The molecule has 32 heavy (non-hydrogen) atoms. The summed E-state index contributed by atoms with van der Waals surface area (Å²) in [6.07, 6.45) is 1.45. The molecule has 0 bridgehead atoms. The van der Waals surface area contributed by atoms with Gasteiger partial charge in [-0.1, -0.05) is 23.7 Å². The van der Waals surface area contributed by atoms with Gasteiger partial charge < -0.3 is 9.64 Å². The van der Waals surface area contributed by atoms with Gasteiger partial charge in [-0.3, -0.25) is 4.98 Å². The molecule has 166 valence electrons. The maximum atomic E-state index is 12.7. The van der Waals surface area contributed by atoms with Crippen molar-refractivity contribution in [2.24, 2.45) is 0 Å². The number of piperidine rings is 1. The molecule has 2 aliphatic rings. The van der Waals surface area contributed by atoms with Gasteiger partial charge in [-0.25, -0.2) is 9.97 Å². The van der Waals surface area contributed by atoms with E-state index in [0.29, 0.717) is 23.9 Å². The van der Waals surface area contributed by atoms with E-state index in [4.69, 9.17) is 16.3 Å². The van der Waals surface area contributed by atoms with Crippen LogP contribution in [0.5, 0.6) is 5.75 Å². The van der Waals surface area contributed by atoms with Gasteiger partial charge in [-0.2, -0.15) is 13.2 Å². The van der Waals surface area contributed by atoms with E-state index in [0.717, 1.165) is 53.6 Å². The predicted molar refractivity (Wildman–Crippen MR) is 115 cm³/mol. The Morgan fingerprint density at radius 1 is 1.03 bits per heavy atom. The van der Waals surface area contributed by atoms with Gasteiger partial charge in [0.05, 0.1) is 29.3 Å². The maximum Gasteiger partial charge on any atom is 0.434 e. The molecule has 0 amide bonds. The Hall–Kier alpha value is -2.87. The fourth-order valence-corrected chi connectivity index (χ4v) is 4.69. The highest BCUT2D eigenvalue weighted by Gasteiger charge is 2.43. The molecule has 1 fully saturated rings. The first-order valence-corrected chi connectivity index (χ1v) is 10.7. The van der Waals surface area contributed by atoms with Crippen LogP contribution >= 0.6 is 11.6 Å². The zero-order chi connectivity index (χ0) is 22.5. The van der Waals surface area contributed by atoms with Crippen molar-refractivity contribution in [2.45, 2.75) is 38.0 Å². The van der Waals surface area contributed by atoms with Crippen molar-refractivity contribution in [3.05, 3.63) is 64.7 Å². The van der Waals surface area contributed by atoms with Gasteiger partial charge in [0.1, 0.15) is 17.2 Å². The van der Waals surface area contributed by atoms with Crippen LogP contribution in [-0.4, -0.2) is 33.6 Å². The highest BCUT2D eigenvalue weighted by molar-refractivity contribution is 6.33. The number of hydrogen-bond donors (Lipinski definition) is 0. The van der Waals surface area contributed by atoms with Crippen LogP contribution in [0, 0.1) is 6.92 Å². The largest absolute Gasteiger partial charge is 0.485 e. The summed E-state index contributed by atoms with van der Waals surface area (Å²) in [4.78, 5) is 14.0. The molecule has 1 spiro atoms. The summed E-state index contributed by atoms with van der Waals surface area (Å²) in [6, 6.07) is 7.94. The van der Waals surface area contributed by atoms with E-state index in [1.54, 1.807) is 6.20 Å². The molecule has 0 unspecified atom stereocenters. The van der Waals surface area contributed by atoms with Gasteiger partial charge in [-0.15, -0.1) is 0 Å². The molecular weight excluding hydrogens is 441 g/mol. The van der Waals surface area contributed by atoms with Crippen molar-refractivity contribution in [3.8, 4) is 17.0 Å². The van der Waals surface area contributed by atoms with Crippen LogP contribution in [0.25, 0.3) is 11.3 Å². The van der Waals surface area contributed by atoms with Gasteiger partial charge in [0.25, 0.3) is 0 Å². The van der Waals surface area contributed by atoms with Crippen LogP contribution in [-0.2, 0) is 12.6 Å². The second-order valence-corrected chi connectivity index (χ2v) is 8.77. The summed E-state index contributed by atoms with van der Waals surface area (Å²) in [5.41, 5.74) is 2.56. The van der Waals surface area contributed by atoms with Crippen molar-refractivity contribution in [1.82, 2.24) is 15.0 Å². The Kier molecular flexibility index (Phi) is 5.00. The molecule has 0 radical (unpaired) electrons. The number of hydrogen-bond acceptors (Lipinski definition) is 5. The number of fused-ring (bicyclic) bond motifs is 1. The summed E-state index contributed by atoms with van der Waals surface area (Å²) in [5.74, 6) is 1.22. The van der Waals surface area contributed by atoms with Crippen molar-refractivity contribution in [3.63, 3.8) is 0 Å². The van der Waals surface area contributed by atoms with Crippen LogP contribution < -0.4 is 9.64 Å². The van der Waals surface area contributed by atoms with Crippen molar-refractivity contribution in [2.75, 3.05) is 18.0 Å². The van der Waals surface area contributed by atoms with Crippen molar-refractivity contribution in [1.29, 1.82) is 0 Å². The lowest BCUT2D eigenvalue weighted by Crippen LogP contribution is -2.47. The number of nitrogens with zero attached hydrogens (tertiary/aromatic N) is 4. The molecule has 1 saturated heterocycles. The van der Waals surface area contributed by atoms with E-state index in [-0.39, 0.29) is 5.60 Å². The average molecular weight is 461 g/mol. The zero-order valence-corrected chi connectivity index (χ0v) is 18.0. The minimum atomic E-state index is -4.49. The van der Waals surface area contributed by atoms with E-state index in [2.05, 4.69) is 15.0 Å². The molecule has 1 aromatic carbocycles. The Morgan fingerprint density at radius 3 is 2.47 bits per heavy atom. The summed E-state index contributed by atoms with van der Waals surface area (Å²) in [7, 11) is 0. The third kappa shape index (κ3) is 3.88. The van der Waals surface area contributed by atoms with E-state index >= 15 is 0 Å². The molecule has 5 rings (SSSR count). The molecule has 0 N–H and O–H groups in total. The van der Waals surface area contributed by atoms with Crippen LogP contribution in [0.3, 0.4) is 0 Å². The summed E-state index contributed by atoms with van der Waals surface area (Å²) >= 11 is 6.42. The minimum absolute atomic E-state index is 0.338. The second kappa shape index (κ2) is 7.62. The number of aromatic nitrogens is 3. The highest BCUT2D eigenvalue weighted by Crippen LogP contribution is 2.43. The van der Waals surface area contributed by atoms with Crippen LogP contribution in [0.4, 0.5) is 19.0 Å². The monoisotopic (exact) mass is 460 g/mol.